The van der Waals surface area contributed by atoms with Crippen molar-refractivity contribution in [1.29, 1.82) is 0 Å². The van der Waals surface area contributed by atoms with Gasteiger partial charge in [0.15, 0.2) is 0 Å². The summed E-state index contributed by atoms with van der Waals surface area (Å²) in [6, 6.07) is 6.60. The molecule has 0 aliphatic carbocycles. The van der Waals surface area contributed by atoms with Crippen LogP contribution in [0.25, 0.3) is 0 Å². The molecule has 6 nitrogen and oxygen atoms in total. The number of hydrogen-bond acceptors (Lipinski definition) is 6. The van der Waals surface area contributed by atoms with Crippen molar-refractivity contribution in [2.24, 2.45) is 11.1 Å². The lowest BCUT2D eigenvalue weighted by Gasteiger charge is -2.08. The molecule has 2 rings (SSSR count). The standard InChI is InChI=1S/C13H13NO5/c1-17-12(15)9-5-3-8(4-6-9)11-10(7-19-14-11)13(16)18-2/h3-6,10H,7H2,1-2H3. The van der Waals surface area contributed by atoms with E-state index < -0.39 is 17.9 Å². The van der Waals surface area contributed by atoms with E-state index in [2.05, 4.69) is 9.89 Å². The Morgan fingerprint density at radius 3 is 2.47 bits per heavy atom. The molecule has 1 aromatic carbocycles. The Balaban J connectivity index is 2.22. The van der Waals surface area contributed by atoms with Crippen molar-refractivity contribution in [2.45, 2.75) is 0 Å². The van der Waals surface area contributed by atoms with E-state index in [1.54, 1.807) is 24.3 Å². The van der Waals surface area contributed by atoms with E-state index in [0.29, 0.717) is 16.8 Å². The summed E-state index contributed by atoms with van der Waals surface area (Å²) in [7, 11) is 2.64. The zero-order chi connectivity index (χ0) is 13.8. The van der Waals surface area contributed by atoms with Gasteiger partial charge in [0, 0.05) is 5.56 Å². The van der Waals surface area contributed by atoms with E-state index in [9.17, 15) is 9.59 Å². The Hall–Kier alpha value is -2.37. The number of methoxy groups -OCH3 is 2. The quantitative estimate of drug-likeness (QED) is 0.760. The SMILES string of the molecule is COC(=O)c1ccc(C2=NOCC2C(=O)OC)cc1. The van der Waals surface area contributed by atoms with Crippen LogP contribution in [0.3, 0.4) is 0 Å². The predicted molar refractivity (Wildman–Crippen MR) is 65.8 cm³/mol. The van der Waals surface area contributed by atoms with Gasteiger partial charge in [0.1, 0.15) is 18.2 Å². The van der Waals surface area contributed by atoms with Gasteiger partial charge in [0.2, 0.25) is 0 Å². The zero-order valence-electron chi connectivity index (χ0n) is 10.6. The van der Waals surface area contributed by atoms with E-state index in [4.69, 9.17) is 9.57 Å². The fourth-order valence-corrected chi connectivity index (χ4v) is 1.79. The van der Waals surface area contributed by atoms with Gasteiger partial charge < -0.3 is 14.3 Å². The van der Waals surface area contributed by atoms with Crippen molar-refractivity contribution >= 4 is 17.7 Å². The third kappa shape index (κ3) is 2.57. The van der Waals surface area contributed by atoms with Gasteiger partial charge in [-0.1, -0.05) is 17.3 Å². The molecule has 0 fully saturated rings. The van der Waals surface area contributed by atoms with Crippen LogP contribution in [0.5, 0.6) is 0 Å². The highest BCUT2D eigenvalue weighted by Gasteiger charge is 2.32. The number of rotatable bonds is 3. The van der Waals surface area contributed by atoms with Crippen molar-refractivity contribution in [3.05, 3.63) is 35.4 Å². The Bertz CT molecular complexity index is 520. The van der Waals surface area contributed by atoms with Gasteiger partial charge in [-0.3, -0.25) is 4.79 Å². The topological polar surface area (TPSA) is 74.2 Å². The van der Waals surface area contributed by atoms with Crippen LogP contribution in [0.2, 0.25) is 0 Å². The lowest BCUT2D eigenvalue weighted by molar-refractivity contribution is -0.143. The Kier molecular flexibility index (Phi) is 3.79. The van der Waals surface area contributed by atoms with Crippen molar-refractivity contribution in [1.82, 2.24) is 0 Å². The first-order chi connectivity index (χ1) is 9.17. The number of ether oxygens (including phenoxy) is 2. The normalized spacial score (nSPS) is 17.4. The molecule has 0 N–H and O–H groups in total. The van der Waals surface area contributed by atoms with Gasteiger partial charge in [-0.05, 0) is 12.1 Å². The average molecular weight is 263 g/mol. The largest absolute Gasteiger partial charge is 0.468 e. The van der Waals surface area contributed by atoms with Crippen LogP contribution in [-0.2, 0) is 19.1 Å². The minimum Gasteiger partial charge on any atom is -0.468 e. The number of carbonyl (C=O) groups is 2. The Labute approximate surface area is 109 Å². The summed E-state index contributed by atoms with van der Waals surface area (Å²) in [5, 5.41) is 3.85. The minimum absolute atomic E-state index is 0.167. The van der Waals surface area contributed by atoms with Crippen LogP contribution in [0, 0.1) is 5.92 Å². The van der Waals surface area contributed by atoms with Gasteiger partial charge in [-0.2, -0.15) is 0 Å². The maximum absolute atomic E-state index is 11.6. The van der Waals surface area contributed by atoms with E-state index >= 15 is 0 Å². The van der Waals surface area contributed by atoms with Crippen LogP contribution < -0.4 is 0 Å². The Morgan fingerprint density at radius 1 is 1.21 bits per heavy atom. The monoisotopic (exact) mass is 263 g/mol. The number of esters is 2. The van der Waals surface area contributed by atoms with E-state index in [0.717, 1.165) is 0 Å². The molecule has 0 saturated heterocycles. The van der Waals surface area contributed by atoms with Crippen molar-refractivity contribution in [3.8, 4) is 0 Å². The van der Waals surface area contributed by atoms with Crippen molar-refractivity contribution < 1.29 is 23.9 Å². The summed E-state index contributed by atoms with van der Waals surface area (Å²) in [6.45, 7) is 0.167. The molecule has 0 bridgehead atoms. The van der Waals surface area contributed by atoms with Gasteiger partial charge in [-0.15, -0.1) is 0 Å². The molecule has 1 aliphatic rings. The predicted octanol–water partition coefficient (Wildman–Crippen LogP) is 0.997. The third-order valence-corrected chi connectivity index (χ3v) is 2.82. The summed E-state index contributed by atoms with van der Waals surface area (Å²) >= 11 is 0. The van der Waals surface area contributed by atoms with E-state index in [1.807, 2.05) is 0 Å². The van der Waals surface area contributed by atoms with Crippen molar-refractivity contribution in [3.63, 3.8) is 0 Å². The number of benzene rings is 1. The lowest BCUT2D eigenvalue weighted by atomic mass is 9.97. The Morgan fingerprint density at radius 2 is 1.89 bits per heavy atom. The highest BCUT2D eigenvalue weighted by Crippen LogP contribution is 2.19. The molecule has 1 aromatic rings. The second kappa shape index (κ2) is 5.51. The molecular weight excluding hydrogens is 250 g/mol. The first-order valence-corrected chi connectivity index (χ1v) is 5.63. The molecule has 100 valence electrons. The van der Waals surface area contributed by atoms with Crippen molar-refractivity contribution in [2.75, 3.05) is 20.8 Å². The first-order valence-electron chi connectivity index (χ1n) is 5.63. The number of oxime groups is 1. The second-order valence-corrected chi connectivity index (χ2v) is 3.92. The molecule has 0 aromatic heterocycles. The van der Waals surface area contributed by atoms with E-state index in [-0.39, 0.29) is 6.61 Å². The van der Waals surface area contributed by atoms with Crippen LogP contribution in [0.1, 0.15) is 15.9 Å². The van der Waals surface area contributed by atoms with Crippen LogP contribution in [-0.4, -0.2) is 38.5 Å². The highest BCUT2D eigenvalue weighted by molar-refractivity contribution is 6.12. The lowest BCUT2D eigenvalue weighted by Crippen LogP contribution is -2.25. The molecule has 1 atom stereocenters. The molecule has 0 spiro atoms. The van der Waals surface area contributed by atoms with Gasteiger partial charge >= 0.3 is 11.9 Å². The first kappa shape index (κ1) is 13.1. The number of nitrogens with zero attached hydrogens (tertiary/aromatic N) is 1. The summed E-state index contributed by atoms with van der Waals surface area (Å²) in [5.41, 5.74) is 1.64. The summed E-state index contributed by atoms with van der Waals surface area (Å²) in [4.78, 5) is 27.8. The smallest absolute Gasteiger partial charge is 0.337 e. The minimum atomic E-state index is -0.533. The summed E-state index contributed by atoms with van der Waals surface area (Å²) in [6.07, 6.45) is 0. The average Bonchev–Trinajstić information content (AvgIpc) is 2.95. The van der Waals surface area contributed by atoms with Crippen LogP contribution in [0.4, 0.5) is 0 Å². The number of hydrogen-bond donors (Lipinski definition) is 0. The molecule has 1 heterocycles. The maximum Gasteiger partial charge on any atom is 0.337 e. The third-order valence-electron chi connectivity index (χ3n) is 2.82. The molecule has 6 heteroatoms. The van der Waals surface area contributed by atoms with Gasteiger partial charge in [0.25, 0.3) is 0 Å². The molecule has 1 aliphatic heterocycles. The second-order valence-electron chi connectivity index (χ2n) is 3.92. The fourth-order valence-electron chi connectivity index (χ4n) is 1.79. The maximum atomic E-state index is 11.6. The fraction of sp³-hybridized carbons (Fsp3) is 0.308. The summed E-state index contributed by atoms with van der Waals surface area (Å²) in [5.74, 6) is -1.34. The molecule has 19 heavy (non-hydrogen) atoms. The molecule has 0 amide bonds. The number of carbonyl (C=O) groups excluding carboxylic acids is 2. The van der Waals surface area contributed by atoms with Gasteiger partial charge in [0.05, 0.1) is 19.8 Å². The van der Waals surface area contributed by atoms with Gasteiger partial charge in [-0.25, -0.2) is 4.79 Å². The molecule has 1 unspecified atom stereocenters. The zero-order valence-corrected chi connectivity index (χ0v) is 10.6. The molecular formula is C13H13NO5. The van der Waals surface area contributed by atoms with E-state index in [1.165, 1.54) is 14.2 Å². The summed E-state index contributed by atoms with van der Waals surface area (Å²) < 4.78 is 9.30. The molecule has 0 saturated carbocycles. The van der Waals surface area contributed by atoms with Crippen LogP contribution in [0.15, 0.2) is 29.4 Å². The highest BCUT2D eigenvalue weighted by atomic mass is 16.6. The van der Waals surface area contributed by atoms with Crippen LogP contribution >= 0.6 is 0 Å². The molecule has 0 radical (unpaired) electrons.